The highest BCUT2D eigenvalue weighted by Gasteiger charge is 2.21. The van der Waals surface area contributed by atoms with Crippen LogP contribution < -0.4 is 5.32 Å². The standard InChI is InChI=1S/C17H24N2O/c1-4-7-16(20-5-2)17(18-3)14-9-10-15-13(12-14)8-6-11-19-15/h6,8-12,16-18H,4-5,7H2,1-3H3. The van der Waals surface area contributed by atoms with Gasteiger partial charge < -0.3 is 10.1 Å². The van der Waals surface area contributed by atoms with E-state index in [1.807, 2.05) is 19.3 Å². The molecule has 0 amide bonds. The molecule has 0 aliphatic heterocycles. The van der Waals surface area contributed by atoms with Gasteiger partial charge in [-0.25, -0.2) is 0 Å². The zero-order valence-corrected chi connectivity index (χ0v) is 12.6. The number of benzene rings is 1. The molecule has 20 heavy (non-hydrogen) atoms. The third kappa shape index (κ3) is 3.35. The topological polar surface area (TPSA) is 34.1 Å². The number of fused-ring (bicyclic) bond motifs is 1. The summed E-state index contributed by atoms with van der Waals surface area (Å²) in [5, 5.41) is 4.59. The molecule has 0 saturated carbocycles. The maximum atomic E-state index is 5.92. The average molecular weight is 272 g/mol. The van der Waals surface area contributed by atoms with Crippen LogP contribution in [-0.4, -0.2) is 24.7 Å². The third-order valence-electron chi connectivity index (χ3n) is 3.62. The van der Waals surface area contributed by atoms with Crippen LogP contribution in [0.15, 0.2) is 36.5 Å². The summed E-state index contributed by atoms with van der Waals surface area (Å²) in [6.07, 6.45) is 4.23. The van der Waals surface area contributed by atoms with Gasteiger partial charge in [0.1, 0.15) is 0 Å². The fourth-order valence-corrected chi connectivity index (χ4v) is 2.70. The fourth-order valence-electron chi connectivity index (χ4n) is 2.70. The Bertz CT molecular complexity index is 535. The van der Waals surface area contributed by atoms with Crippen LogP contribution in [0.1, 0.15) is 38.3 Å². The largest absolute Gasteiger partial charge is 0.377 e. The van der Waals surface area contributed by atoms with Gasteiger partial charge in [0.2, 0.25) is 0 Å². The van der Waals surface area contributed by atoms with Crippen LogP contribution in [-0.2, 0) is 4.74 Å². The number of aromatic nitrogens is 1. The number of nitrogens with one attached hydrogen (secondary N) is 1. The smallest absolute Gasteiger partial charge is 0.0769 e. The Kier molecular flexibility index (Phi) is 5.50. The maximum Gasteiger partial charge on any atom is 0.0769 e. The van der Waals surface area contributed by atoms with E-state index in [1.54, 1.807) is 0 Å². The summed E-state index contributed by atoms with van der Waals surface area (Å²) in [5.41, 5.74) is 2.30. The molecule has 0 bridgehead atoms. The first-order chi connectivity index (χ1) is 9.80. The van der Waals surface area contributed by atoms with E-state index in [2.05, 4.69) is 48.4 Å². The average Bonchev–Trinajstić information content (AvgIpc) is 2.48. The van der Waals surface area contributed by atoms with E-state index in [1.165, 1.54) is 10.9 Å². The lowest BCUT2D eigenvalue weighted by Gasteiger charge is -2.27. The predicted molar refractivity (Wildman–Crippen MR) is 83.9 cm³/mol. The fraction of sp³-hybridized carbons (Fsp3) is 0.471. The lowest BCUT2D eigenvalue weighted by atomic mass is 9.97. The minimum absolute atomic E-state index is 0.212. The predicted octanol–water partition coefficient (Wildman–Crippen LogP) is 3.70. The molecule has 1 heterocycles. The molecular formula is C17H24N2O. The molecule has 0 radical (unpaired) electrons. The second-order valence-electron chi connectivity index (χ2n) is 5.00. The van der Waals surface area contributed by atoms with E-state index in [9.17, 15) is 0 Å². The Morgan fingerprint density at radius 2 is 2.10 bits per heavy atom. The number of likely N-dealkylation sites (N-methyl/N-ethyl adjacent to an activating group) is 1. The molecule has 1 aromatic heterocycles. The van der Waals surface area contributed by atoms with Crippen molar-refractivity contribution in [2.75, 3.05) is 13.7 Å². The molecule has 1 N–H and O–H groups in total. The lowest BCUT2D eigenvalue weighted by molar-refractivity contribution is 0.0296. The molecule has 1 aromatic carbocycles. The molecule has 0 spiro atoms. The Morgan fingerprint density at radius 1 is 1.25 bits per heavy atom. The van der Waals surface area contributed by atoms with Crippen molar-refractivity contribution >= 4 is 10.9 Å². The first kappa shape index (κ1) is 14.9. The third-order valence-corrected chi connectivity index (χ3v) is 3.62. The highest BCUT2D eigenvalue weighted by Crippen LogP contribution is 2.25. The zero-order valence-electron chi connectivity index (χ0n) is 12.6. The van der Waals surface area contributed by atoms with Crippen molar-refractivity contribution in [2.45, 2.75) is 38.8 Å². The van der Waals surface area contributed by atoms with Gasteiger partial charge in [0.25, 0.3) is 0 Å². The van der Waals surface area contributed by atoms with Crippen LogP contribution >= 0.6 is 0 Å². The maximum absolute atomic E-state index is 5.92. The Balaban J connectivity index is 2.31. The van der Waals surface area contributed by atoms with Crippen LogP contribution in [0.3, 0.4) is 0 Å². The van der Waals surface area contributed by atoms with Crippen LogP contribution in [0.2, 0.25) is 0 Å². The van der Waals surface area contributed by atoms with Gasteiger partial charge in [-0.1, -0.05) is 25.5 Å². The van der Waals surface area contributed by atoms with Crippen LogP contribution in [0.5, 0.6) is 0 Å². The van der Waals surface area contributed by atoms with E-state index in [0.717, 1.165) is 25.0 Å². The van der Waals surface area contributed by atoms with E-state index in [0.29, 0.717) is 0 Å². The summed E-state index contributed by atoms with van der Waals surface area (Å²) >= 11 is 0. The van der Waals surface area contributed by atoms with Crippen molar-refractivity contribution in [1.29, 1.82) is 0 Å². The highest BCUT2D eigenvalue weighted by molar-refractivity contribution is 5.79. The number of ether oxygens (including phenoxy) is 1. The molecule has 2 atom stereocenters. The molecule has 3 nitrogen and oxygen atoms in total. The Labute approximate surface area is 121 Å². The lowest BCUT2D eigenvalue weighted by Crippen LogP contribution is -2.31. The second-order valence-corrected chi connectivity index (χ2v) is 5.00. The first-order valence-electron chi connectivity index (χ1n) is 7.43. The normalized spacial score (nSPS) is 14.3. The number of hydrogen-bond donors (Lipinski definition) is 1. The molecule has 3 heteroatoms. The van der Waals surface area contributed by atoms with Crippen molar-refractivity contribution in [3.63, 3.8) is 0 Å². The van der Waals surface area contributed by atoms with E-state index in [4.69, 9.17) is 4.74 Å². The van der Waals surface area contributed by atoms with Crippen molar-refractivity contribution < 1.29 is 4.74 Å². The number of pyridine rings is 1. The summed E-state index contributed by atoms with van der Waals surface area (Å²) in [6, 6.07) is 10.8. The van der Waals surface area contributed by atoms with Crippen LogP contribution in [0, 0.1) is 0 Å². The molecule has 2 unspecified atom stereocenters. The molecule has 0 aliphatic carbocycles. The van der Waals surface area contributed by atoms with Crippen molar-refractivity contribution in [2.24, 2.45) is 0 Å². The summed E-state index contributed by atoms with van der Waals surface area (Å²) in [7, 11) is 2.00. The zero-order chi connectivity index (χ0) is 14.4. The van der Waals surface area contributed by atoms with Gasteiger partial charge in [0, 0.05) is 18.2 Å². The molecule has 2 rings (SSSR count). The Morgan fingerprint density at radius 3 is 2.80 bits per heavy atom. The van der Waals surface area contributed by atoms with Gasteiger partial charge in [-0.15, -0.1) is 0 Å². The van der Waals surface area contributed by atoms with Gasteiger partial charge in [-0.2, -0.15) is 0 Å². The summed E-state index contributed by atoms with van der Waals surface area (Å²) in [6.45, 7) is 5.00. The van der Waals surface area contributed by atoms with Gasteiger partial charge in [0.05, 0.1) is 17.7 Å². The number of nitrogens with zero attached hydrogens (tertiary/aromatic N) is 1. The van der Waals surface area contributed by atoms with Crippen molar-refractivity contribution in [1.82, 2.24) is 10.3 Å². The Hall–Kier alpha value is -1.45. The first-order valence-corrected chi connectivity index (χ1v) is 7.43. The van der Waals surface area contributed by atoms with Crippen molar-refractivity contribution in [3.05, 3.63) is 42.1 Å². The minimum Gasteiger partial charge on any atom is -0.377 e. The SMILES string of the molecule is CCCC(OCC)C(NC)c1ccc2ncccc2c1. The summed E-state index contributed by atoms with van der Waals surface area (Å²) in [4.78, 5) is 4.37. The summed E-state index contributed by atoms with van der Waals surface area (Å²) in [5.74, 6) is 0. The summed E-state index contributed by atoms with van der Waals surface area (Å²) < 4.78 is 5.92. The molecule has 0 saturated heterocycles. The van der Waals surface area contributed by atoms with E-state index < -0.39 is 0 Å². The highest BCUT2D eigenvalue weighted by atomic mass is 16.5. The van der Waals surface area contributed by atoms with Gasteiger partial charge >= 0.3 is 0 Å². The molecule has 108 valence electrons. The molecule has 2 aromatic rings. The van der Waals surface area contributed by atoms with Gasteiger partial charge in [-0.3, -0.25) is 4.98 Å². The second kappa shape index (κ2) is 7.36. The number of rotatable bonds is 7. The minimum atomic E-state index is 0.212. The van der Waals surface area contributed by atoms with Crippen molar-refractivity contribution in [3.8, 4) is 0 Å². The van der Waals surface area contributed by atoms with E-state index in [-0.39, 0.29) is 12.1 Å². The van der Waals surface area contributed by atoms with Gasteiger partial charge in [0.15, 0.2) is 0 Å². The van der Waals surface area contributed by atoms with E-state index >= 15 is 0 Å². The monoisotopic (exact) mass is 272 g/mol. The number of hydrogen-bond acceptors (Lipinski definition) is 3. The van der Waals surface area contributed by atoms with Crippen LogP contribution in [0.25, 0.3) is 10.9 Å². The van der Waals surface area contributed by atoms with Gasteiger partial charge in [-0.05, 0) is 44.2 Å². The molecule has 0 fully saturated rings. The molecular weight excluding hydrogens is 248 g/mol. The molecule has 0 aliphatic rings. The van der Waals surface area contributed by atoms with Crippen LogP contribution in [0.4, 0.5) is 0 Å². The quantitative estimate of drug-likeness (QED) is 0.834.